The van der Waals surface area contributed by atoms with Crippen molar-refractivity contribution in [3.63, 3.8) is 0 Å². The van der Waals surface area contributed by atoms with Crippen LogP contribution in [0.1, 0.15) is 24.0 Å². The summed E-state index contributed by atoms with van der Waals surface area (Å²) in [5.74, 6) is 0.0335. The van der Waals surface area contributed by atoms with Crippen molar-refractivity contribution >= 4 is 23.0 Å². The maximum Gasteiger partial charge on any atom is 0.299 e. The average Bonchev–Trinajstić information content (AvgIpc) is 3.09. The number of nitro benzene ring substituents is 2. The topological polar surface area (TPSA) is 119 Å². The van der Waals surface area contributed by atoms with Crippen LogP contribution in [-0.2, 0) is 17.9 Å². The van der Waals surface area contributed by atoms with E-state index in [1.54, 1.807) is 4.90 Å². The molecule has 1 heterocycles. The first-order chi connectivity index (χ1) is 13.0. The van der Waals surface area contributed by atoms with Gasteiger partial charge >= 0.3 is 0 Å². The molecule has 1 amide bonds. The van der Waals surface area contributed by atoms with Gasteiger partial charge in [-0.25, -0.2) is 0 Å². The number of nitrogens with one attached hydrogen (secondary N) is 1. The number of hydrogen-bond donors (Lipinski definition) is 1. The minimum atomic E-state index is -0.677. The van der Waals surface area contributed by atoms with Gasteiger partial charge in [0.1, 0.15) is 5.69 Å². The van der Waals surface area contributed by atoms with E-state index in [2.05, 4.69) is 5.32 Å². The Balaban J connectivity index is 1.51. The molecule has 2 aromatic carbocycles. The fraction of sp³-hybridized carbons (Fsp3) is 0.278. The molecule has 0 aromatic heterocycles. The summed E-state index contributed by atoms with van der Waals surface area (Å²) in [6.07, 6.45) is 0.821. The van der Waals surface area contributed by atoms with Gasteiger partial charge < -0.3 is 10.2 Å². The Morgan fingerprint density at radius 2 is 1.70 bits per heavy atom. The van der Waals surface area contributed by atoms with E-state index < -0.39 is 9.85 Å². The van der Waals surface area contributed by atoms with Crippen molar-refractivity contribution in [3.05, 3.63) is 73.8 Å². The van der Waals surface area contributed by atoms with Crippen LogP contribution in [0.25, 0.3) is 0 Å². The van der Waals surface area contributed by atoms with Crippen LogP contribution in [0.4, 0.5) is 17.1 Å². The van der Waals surface area contributed by atoms with Crippen LogP contribution in [0.3, 0.4) is 0 Å². The molecular weight excluding hydrogens is 352 g/mol. The minimum absolute atomic E-state index is 0.0335. The van der Waals surface area contributed by atoms with Crippen molar-refractivity contribution in [2.75, 3.05) is 11.9 Å². The second kappa shape index (κ2) is 7.81. The number of non-ortho nitro benzene ring substituents is 1. The fourth-order valence-electron chi connectivity index (χ4n) is 3.06. The van der Waals surface area contributed by atoms with E-state index >= 15 is 0 Å². The number of amides is 1. The minimum Gasteiger partial charge on any atom is -0.379 e. The van der Waals surface area contributed by atoms with Gasteiger partial charge in [0.25, 0.3) is 11.4 Å². The molecule has 0 aliphatic carbocycles. The largest absolute Gasteiger partial charge is 0.379 e. The van der Waals surface area contributed by atoms with Gasteiger partial charge in [0, 0.05) is 32.1 Å². The Morgan fingerprint density at radius 3 is 2.30 bits per heavy atom. The van der Waals surface area contributed by atoms with Gasteiger partial charge in [-0.05, 0) is 23.6 Å². The lowest BCUT2D eigenvalue weighted by atomic mass is 10.1. The van der Waals surface area contributed by atoms with E-state index in [-0.39, 0.29) is 23.0 Å². The number of benzene rings is 2. The monoisotopic (exact) mass is 370 g/mol. The molecule has 0 bridgehead atoms. The molecule has 9 heteroatoms. The predicted molar refractivity (Wildman–Crippen MR) is 98.2 cm³/mol. The number of anilines is 1. The Kier molecular flexibility index (Phi) is 5.30. The summed E-state index contributed by atoms with van der Waals surface area (Å²) < 4.78 is 0. The number of rotatable bonds is 7. The zero-order chi connectivity index (χ0) is 19.4. The third-order valence-corrected chi connectivity index (χ3v) is 4.47. The third kappa shape index (κ3) is 4.20. The van der Waals surface area contributed by atoms with Gasteiger partial charge in [0.2, 0.25) is 5.91 Å². The van der Waals surface area contributed by atoms with Crippen LogP contribution in [0, 0.1) is 20.2 Å². The van der Waals surface area contributed by atoms with Crippen LogP contribution >= 0.6 is 0 Å². The highest BCUT2D eigenvalue weighted by molar-refractivity contribution is 5.77. The van der Waals surface area contributed by atoms with E-state index in [1.807, 2.05) is 24.3 Å². The molecule has 1 N–H and O–H groups in total. The Bertz CT molecular complexity index is 874. The average molecular weight is 370 g/mol. The molecule has 0 fully saturated rings. The van der Waals surface area contributed by atoms with Crippen LogP contribution < -0.4 is 5.32 Å². The van der Waals surface area contributed by atoms with Crippen LogP contribution in [0.15, 0.2) is 42.5 Å². The van der Waals surface area contributed by atoms with Gasteiger partial charge in [-0.1, -0.05) is 24.3 Å². The quantitative estimate of drug-likeness (QED) is 0.454. The number of carbonyl (C=O) groups excluding carboxylic acids is 1. The van der Waals surface area contributed by atoms with Crippen molar-refractivity contribution in [1.29, 1.82) is 0 Å². The Labute approximate surface area is 154 Å². The number of fused-ring (bicyclic) bond motifs is 1. The molecule has 140 valence electrons. The molecule has 9 nitrogen and oxygen atoms in total. The van der Waals surface area contributed by atoms with Gasteiger partial charge in [-0.2, -0.15) is 0 Å². The molecule has 0 unspecified atom stereocenters. The summed E-state index contributed by atoms with van der Waals surface area (Å²) in [7, 11) is 0. The summed E-state index contributed by atoms with van der Waals surface area (Å²) in [5, 5.41) is 24.7. The molecule has 2 aromatic rings. The van der Waals surface area contributed by atoms with E-state index in [0.717, 1.165) is 17.2 Å². The Morgan fingerprint density at radius 1 is 1.04 bits per heavy atom. The predicted octanol–water partition coefficient (Wildman–Crippen LogP) is 3.24. The highest BCUT2D eigenvalue weighted by atomic mass is 16.6. The molecule has 0 saturated heterocycles. The molecule has 0 radical (unpaired) electrons. The SMILES string of the molecule is O=C(CCCNc1ccc([N+](=O)[O-])cc1[N+](=O)[O-])N1Cc2ccccc2C1. The lowest BCUT2D eigenvalue weighted by Crippen LogP contribution is -2.25. The number of nitrogens with zero attached hydrogens (tertiary/aromatic N) is 3. The van der Waals surface area contributed by atoms with Crippen molar-refractivity contribution in [2.24, 2.45) is 0 Å². The first-order valence-electron chi connectivity index (χ1n) is 8.47. The fourth-order valence-corrected chi connectivity index (χ4v) is 3.06. The highest BCUT2D eigenvalue weighted by Crippen LogP contribution is 2.29. The van der Waals surface area contributed by atoms with Crippen molar-refractivity contribution in [2.45, 2.75) is 25.9 Å². The van der Waals surface area contributed by atoms with Crippen LogP contribution in [-0.4, -0.2) is 27.2 Å². The van der Waals surface area contributed by atoms with Gasteiger partial charge in [-0.15, -0.1) is 0 Å². The Hall–Kier alpha value is -3.49. The van der Waals surface area contributed by atoms with Gasteiger partial charge in [-0.3, -0.25) is 25.0 Å². The van der Waals surface area contributed by atoms with Gasteiger partial charge in [0.15, 0.2) is 0 Å². The van der Waals surface area contributed by atoms with Crippen molar-refractivity contribution in [1.82, 2.24) is 4.90 Å². The molecule has 0 atom stereocenters. The first-order valence-corrected chi connectivity index (χ1v) is 8.47. The summed E-state index contributed by atoms with van der Waals surface area (Å²) >= 11 is 0. The van der Waals surface area contributed by atoms with E-state index in [1.165, 1.54) is 12.1 Å². The first kappa shape index (κ1) is 18.3. The van der Waals surface area contributed by atoms with Crippen LogP contribution in [0.2, 0.25) is 0 Å². The number of hydrogen-bond acceptors (Lipinski definition) is 6. The van der Waals surface area contributed by atoms with Gasteiger partial charge in [0.05, 0.1) is 15.9 Å². The van der Waals surface area contributed by atoms with E-state index in [4.69, 9.17) is 0 Å². The molecular formula is C18H18N4O5. The second-order valence-electron chi connectivity index (χ2n) is 6.26. The maximum atomic E-state index is 12.3. The standard InChI is InChI=1S/C18H18N4O5/c23-18(20-11-13-4-1-2-5-14(13)12-20)6-3-9-19-16-8-7-15(21(24)25)10-17(16)22(26)27/h1-2,4-5,7-8,10,19H,3,6,9,11-12H2. The number of carbonyl (C=O) groups is 1. The zero-order valence-electron chi connectivity index (χ0n) is 14.5. The normalized spacial score (nSPS) is 12.5. The lowest BCUT2D eigenvalue weighted by molar-refractivity contribution is -0.393. The van der Waals surface area contributed by atoms with Crippen molar-refractivity contribution < 1.29 is 14.6 Å². The summed E-state index contributed by atoms with van der Waals surface area (Å²) in [5.41, 5.74) is 1.82. The molecule has 1 aliphatic heterocycles. The highest BCUT2D eigenvalue weighted by Gasteiger charge is 2.22. The van der Waals surface area contributed by atoms with E-state index in [0.29, 0.717) is 32.5 Å². The molecule has 0 spiro atoms. The maximum absolute atomic E-state index is 12.3. The smallest absolute Gasteiger partial charge is 0.299 e. The summed E-state index contributed by atoms with van der Waals surface area (Å²) in [6, 6.07) is 11.4. The molecule has 27 heavy (non-hydrogen) atoms. The molecule has 1 aliphatic rings. The van der Waals surface area contributed by atoms with Crippen molar-refractivity contribution in [3.8, 4) is 0 Å². The lowest BCUT2D eigenvalue weighted by Gasteiger charge is -2.15. The summed E-state index contributed by atoms with van der Waals surface area (Å²) in [4.78, 5) is 34.6. The molecule has 3 rings (SSSR count). The number of nitro groups is 2. The molecule has 0 saturated carbocycles. The third-order valence-electron chi connectivity index (χ3n) is 4.47. The second-order valence-corrected chi connectivity index (χ2v) is 6.26. The van der Waals surface area contributed by atoms with Crippen LogP contribution in [0.5, 0.6) is 0 Å². The zero-order valence-corrected chi connectivity index (χ0v) is 14.5. The summed E-state index contributed by atoms with van der Waals surface area (Å²) in [6.45, 7) is 1.57. The van der Waals surface area contributed by atoms with E-state index in [9.17, 15) is 25.0 Å².